The number of rotatable bonds is 7. The van der Waals surface area contributed by atoms with Gasteiger partial charge in [0, 0.05) is 17.2 Å². The first-order chi connectivity index (χ1) is 15.5. The second-order valence-electron chi connectivity index (χ2n) is 7.39. The molecule has 1 saturated heterocycles. The molecule has 0 N–H and O–H groups in total. The van der Waals surface area contributed by atoms with Crippen LogP contribution in [0.1, 0.15) is 33.6 Å². The predicted octanol–water partition coefficient (Wildman–Crippen LogP) is 3.99. The molecule has 1 atom stereocenters. The number of hydrogen-bond acceptors (Lipinski definition) is 7. The van der Waals surface area contributed by atoms with Crippen molar-refractivity contribution in [2.45, 2.75) is 30.6 Å². The molecule has 1 unspecified atom stereocenters. The minimum atomic E-state index is -0.510. The highest BCUT2D eigenvalue weighted by atomic mass is 35.5. The van der Waals surface area contributed by atoms with Crippen molar-refractivity contribution in [3.05, 3.63) is 69.0 Å². The summed E-state index contributed by atoms with van der Waals surface area (Å²) >= 11 is 7.08. The van der Waals surface area contributed by atoms with Crippen molar-refractivity contribution in [2.75, 3.05) is 19.5 Å². The topological polar surface area (TPSA) is 87.5 Å². The fourth-order valence-corrected chi connectivity index (χ4v) is 4.59. The van der Waals surface area contributed by atoms with Crippen molar-refractivity contribution in [1.82, 2.24) is 9.55 Å². The van der Waals surface area contributed by atoms with Gasteiger partial charge in [0.25, 0.3) is 5.56 Å². The summed E-state index contributed by atoms with van der Waals surface area (Å²) in [4.78, 5) is 42.5. The Balaban J connectivity index is 1.69. The highest BCUT2D eigenvalue weighted by Crippen LogP contribution is 2.23. The van der Waals surface area contributed by atoms with Crippen LogP contribution in [0.2, 0.25) is 5.02 Å². The minimum Gasteiger partial charge on any atom is -0.465 e. The molecular formula is C23H21ClN2O5S. The normalized spacial score (nSPS) is 15.8. The standard InChI is InChI=1S/C23H21ClN2O5S/c1-30-22(29)15-6-9-18-19(11-15)25-23(26(21(18)28)12-17-3-2-10-31-17)32-13-20(27)14-4-7-16(24)8-5-14/h4-9,11,17H,2-3,10,12-13H2,1H3. The monoisotopic (exact) mass is 472 g/mol. The van der Waals surface area contributed by atoms with Gasteiger partial charge in [-0.05, 0) is 55.3 Å². The van der Waals surface area contributed by atoms with E-state index in [1.807, 2.05) is 0 Å². The van der Waals surface area contributed by atoms with Crippen LogP contribution in [0.25, 0.3) is 10.9 Å². The maximum absolute atomic E-state index is 13.3. The Morgan fingerprint density at radius 3 is 2.66 bits per heavy atom. The lowest BCUT2D eigenvalue weighted by molar-refractivity contribution is 0.0600. The van der Waals surface area contributed by atoms with E-state index in [1.165, 1.54) is 24.9 Å². The molecule has 2 aromatic carbocycles. The summed E-state index contributed by atoms with van der Waals surface area (Å²) in [5, 5.41) is 1.35. The quantitative estimate of drug-likeness (QED) is 0.222. The molecule has 1 fully saturated rings. The fourth-order valence-electron chi connectivity index (χ4n) is 3.56. The van der Waals surface area contributed by atoms with Crippen LogP contribution in [-0.4, -0.2) is 46.9 Å². The predicted molar refractivity (Wildman–Crippen MR) is 123 cm³/mol. The van der Waals surface area contributed by atoms with Crippen LogP contribution in [0, 0.1) is 0 Å². The zero-order valence-corrected chi connectivity index (χ0v) is 18.9. The van der Waals surface area contributed by atoms with Gasteiger partial charge in [-0.1, -0.05) is 23.4 Å². The maximum Gasteiger partial charge on any atom is 0.337 e. The van der Waals surface area contributed by atoms with Crippen LogP contribution >= 0.6 is 23.4 Å². The third-order valence-electron chi connectivity index (χ3n) is 5.25. The molecule has 0 aliphatic carbocycles. The summed E-state index contributed by atoms with van der Waals surface area (Å²) in [6, 6.07) is 11.3. The summed E-state index contributed by atoms with van der Waals surface area (Å²) in [6.45, 7) is 1.03. The highest BCUT2D eigenvalue weighted by molar-refractivity contribution is 7.99. The average molecular weight is 473 g/mol. The number of ketones is 1. The number of carbonyl (C=O) groups is 2. The summed E-state index contributed by atoms with van der Waals surface area (Å²) in [7, 11) is 1.29. The number of halogens is 1. The number of hydrogen-bond donors (Lipinski definition) is 0. The average Bonchev–Trinajstić information content (AvgIpc) is 3.32. The van der Waals surface area contributed by atoms with Crippen molar-refractivity contribution in [3.8, 4) is 0 Å². The van der Waals surface area contributed by atoms with Crippen molar-refractivity contribution in [2.24, 2.45) is 0 Å². The number of esters is 1. The Morgan fingerprint density at radius 1 is 1.22 bits per heavy atom. The Bertz CT molecular complexity index is 1220. The van der Waals surface area contributed by atoms with Crippen LogP contribution in [-0.2, 0) is 16.0 Å². The number of ether oxygens (including phenoxy) is 2. The molecule has 4 rings (SSSR count). The molecule has 3 aromatic rings. The molecule has 0 bridgehead atoms. The second-order valence-corrected chi connectivity index (χ2v) is 8.77. The van der Waals surface area contributed by atoms with Crippen LogP contribution in [0.15, 0.2) is 52.4 Å². The molecule has 1 aliphatic heterocycles. The van der Waals surface area contributed by atoms with E-state index < -0.39 is 5.97 Å². The SMILES string of the molecule is COC(=O)c1ccc2c(=O)n(CC3CCCO3)c(SCC(=O)c3ccc(Cl)cc3)nc2c1. The number of benzene rings is 2. The van der Waals surface area contributed by atoms with E-state index in [9.17, 15) is 14.4 Å². The van der Waals surface area contributed by atoms with Crippen molar-refractivity contribution in [1.29, 1.82) is 0 Å². The van der Waals surface area contributed by atoms with E-state index in [0.717, 1.165) is 12.8 Å². The van der Waals surface area contributed by atoms with Gasteiger partial charge in [-0.2, -0.15) is 0 Å². The molecule has 0 spiro atoms. The second kappa shape index (κ2) is 9.85. The number of aromatic nitrogens is 2. The van der Waals surface area contributed by atoms with Gasteiger partial charge in [-0.25, -0.2) is 9.78 Å². The van der Waals surface area contributed by atoms with Crippen LogP contribution in [0.5, 0.6) is 0 Å². The molecule has 0 radical (unpaired) electrons. The zero-order valence-electron chi connectivity index (χ0n) is 17.4. The molecule has 9 heteroatoms. The Kier molecular flexibility index (Phi) is 6.93. The molecule has 166 valence electrons. The third-order valence-corrected chi connectivity index (χ3v) is 6.48. The number of methoxy groups -OCH3 is 1. The number of thioether (sulfide) groups is 1. The minimum absolute atomic E-state index is 0.0763. The first-order valence-electron chi connectivity index (χ1n) is 10.1. The van der Waals surface area contributed by atoms with E-state index >= 15 is 0 Å². The summed E-state index contributed by atoms with van der Waals surface area (Å²) in [5.41, 5.74) is 0.979. The first-order valence-corrected chi connectivity index (χ1v) is 11.5. The van der Waals surface area contributed by atoms with Gasteiger partial charge in [-0.3, -0.25) is 14.2 Å². The smallest absolute Gasteiger partial charge is 0.337 e. The van der Waals surface area contributed by atoms with E-state index in [2.05, 4.69) is 4.98 Å². The van der Waals surface area contributed by atoms with E-state index in [-0.39, 0.29) is 23.2 Å². The lowest BCUT2D eigenvalue weighted by Gasteiger charge is -2.16. The highest BCUT2D eigenvalue weighted by Gasteiger charge is 2.21. The van der Waals surface area contributed by atoms with Crippen LogP contribution in [0.4, 0.5) is 0 Å². The van der Waals surface area contributed by atoms with Gasteiger partial charge in [0.05, 0.1) is 42.0 Å². The molecule has 7 nitrogen and oxygen atoms in total. The van der Waals surface area contributed by atoms with E-state index in [0.29, 0.717) is 45.4 Å². The Hall–Kier alpha value is -2.68. The first kappa shape index (κ1) is 22.5. The van der Waals surface area contributed by atoms with Crippen molar-refractivity contribution < 1.29 is 19.1 Å². The number of Topliss-reactive ketones (excluding diaryl/α,β-unsaturated/α-hetero) is 1. The lowest BCUT2D eigenvalue weighted by atomic mass is 10.1. The van der Waals surface area contributed by atoms with Gasteiger partial charge >= 0.3 is 5.97 Å². The van der Waals surface area contributed by atoms with Crippen LogP contribution < -0.4 is 5.56 Å². The number of carbonyl (C=O) groups excluding carboxylic acids is 2. The Labute approximate surface area is 193 Å². The maximum atomic E-state index is 13.3. The molecule has 32 heavy (non-hydrogen) atoms. The summed E-state index contributed by atoms with van der Waals surface area (Å²) in [5.74, 6) is -0.515. The molecule has 1 aliphatic rings. The molecule has 1 aromatic heterocycles. The third kappa shape index (κ3) is 4.87. The fraction of sp³-hybridized carbons (Fsp3) is 0.304. The Morgan fingerprint density at radius 2 is 1.97 bits per heavy atom. The van der Waals surface area contributed by atoms with Gasteiger partial charge in [0.2, 0.25) is 0 Å². The molecular weight excluding hydrogens is 452 g/mol. The number of fused-ring (bicyclic) bond motifs is 1. The van der Waals surface area contributed by atoms with Gasteiger partial charge in [-0.15, -0.1) is 0 Å². The van der Waals surface area contributed by atoms with Gasteiger partial charge in [0.1, 0.15) is 0 Å². The number of nitrogens with zero attached hydrogens (tertiary/aromatic N) is 2. The van der Waals surface area contributed by atoms with Crippen LogP contribution in [0.3, 0.4) is 0 Å². The lowest BCUT2D eigenvalue weighted by Crippen LogP contribution is -2.29. The molecule has 0 saturated carbocycles. The molecule has 2 heterocycles. The van der Waals surface area contributed by atoms with Gasteiger partial charge < -0.3 is 9.47 Å². The van der Waals surface area contributed by atoms with Crippen molar-refractivity contribution in [3.63, 3.8) is 0 Å². The molecule has 0 amide bonds. The largest absolute Gasteiger partial charge is 0.465 e. The van der Waals surface area contributed by atoms with Crippen molar-refractivity contribution >= 4 is 46.0 Å². The van der Waals surface area contributed by atoms with E-state index in [4.69, 9.17) is 21.1 Å². The summed E-state index contributed by atoms with van der Waals surface area (Å²) in [6.07, 6.45) is 1.73. The van der Waals surface area contributed by atoms with Gasteiger partial charge in [0.15, 0.2) is 10.9 Å². The zero-order chi connectivity index (χ0) is 22.7. The summed E-state index contributed by atoms with van der Waals surface area (Å²) < 4.78 is 12.0. The van der Waals surface area contributed by atoms with E-state index in [1.54, 1.807) is 41.0 Å².